The second-order valence-electron chi connectivity index (χ2n) is 4.55. The van der Waals surface area contributed by atoms with Crippen LogP contribution in [0.5, 0.6) is 5.75 Å². The van der Waals surface area contributed by atoms with Gasteiger partial charge in [-0.1, -0.05) is 19.1 Å². The summed E-state index contributed by atoms with van der Waals surface area (Å²) in [6, 6.07) is 6.88. The molecule has 0 saturated heterocycles. The Bertz CT molecular complexity index is 401. The second kappa shape index (κ2) is 5.19. The lowest BCUT2D eigenvalue weighted by atomic mass is 10.0. The molecule has 17 heavy (non-hydrogen) atoms. The highest BCUT2D eigenvalue weighted by atomic mass is 16.4. The Kier molecular flexibility index (Phi) is 4.12. The summed E-state index contributed by atoms with van der Waals surface area (Å²) in [6.45, 7) is 6.43. The molecule has 0 amide bonds. The highest BCUT2D eigenvalue weighted by Crippen LogP contribution is 2.20. The second-order valence-corrected chi connectivity index (χ2v) is 4.55. The monoisotopic (exact) mass is 237 g/mol. The van der Waals surface area contributed by atoms with Gasteiger partial charge in [-0.05, 0) is 38.1 Å². The fourth-order valence-electron chi connectivity index (χ4n) is 1.72. The number of carbonyl (C=O) groups is 1. The maximum atomic E-state index is 11.2. The zero-order valence-electron chi connectivity index (χ0n) is 10.5. The van der Waals surface area contributed by atoms with E-state index in [1.165, 1.54) is 0 Å². The van der Waals surface area contributed by atoms with Gasteiger partial charge in [-0.3, -0.25) is 9.69 Å². The summed E-state index contributed by atoms with van der Waals surface area (Å²) >= 11 is 0. The van der Waals surface area contributed by atoms with Crippen LogP contribution in [-0.4, -0.2) is 33.2 Å². The Labute approximate surface area is 101 Å². The van der Waals surface area contributed by atoms with Crippen LogP contribution in [0.3, 0.4) is 0 Å². The zero-order chi connectivity index (χ0) is 13.1. The zero-order valence-corrected chi connectivity index (χ0v) is 10.5. The van der Waals surface area contributed by atoms with Crippen molar-refractivity contribution in [1.29, 1.82) is 0 Å². The molecule has 4 heteroatoms. The van der Waals surface area contributed by atoms with Gasteiger partial charge in [-0.2, -0.15) is 0 Å². The molecule has 0 radical (unpaired) electrons. The van der Waals surface area contributed by atoms with Gasteiger partial charge < -0.3 is 10.2 Å². The van der Waals surface area contributed by atoms with Crippen molar-refractivity contribution in [1.82, 2.24) is 4.90 Å². The summed E-state index contributed by atoms with van der Waals surface area (Å²) in [5.41, 5.74) is -0.0126. The number of hydrogen-bond acceptors (Lipinski definition) is 3. The molecule has 0 atom stereocenters. The molecule has 0 bridgehead atoms. The van der Waals surface area contributed by atoms with Crippen molar-refractivity contribution in [2.45, 2.75) is 32.9 Å². The topological polar surface area (TPSA) is 60.8 Å². The third-order valence-electron chi connectivity index (χ3n) is 2.98. The van der Waals surface area contributed by atoms with Crippen LogP contribution < -0.4 is 0 Å². The number of aromatic hydroxyl groups is 1. The van der Waals surface area contributed by atoms with E-state index >= 15 is 0 Å². The van der Waals surface area contributed by atoms with Crippen LogP contribution in [0, 0.1) is 0 Å². The normalized spacial score (nSPS) is 11.8. The van der Waals surface area contributed by atoms with Crippen LogP contribution in [-0.2, 0) is 11.3 Å². The number of carboxylic acids is 1. The predicted molar refractivity (Wildman–Crippen MR) is 65.9 cm³/mol. The van der Waals surface area contributed by atoms with Crippen molar-refractivity contribution in [3.8, 4) is 5.75 Å². The molecule has 0 fully saturated rings. The van der Waals surface area contributed by atoms with Crippen LogP contribution in [0.25, 0.3) is 0 Å². The molecule has 94 valence electrons. The lowest BCUT2D eigenvalue weighted by molar-refractivity contribution is -0.149. The largest absolute Gasteiger partial charge is 0.508 e. The van der Waals surface area contributed by atoms with Crippen molar-refractivity contribution in [2.24, 2.45) is 0 Å². The van der Waals surface area contributed by atoms with Crippen molar-refractivity contribution in [2.75, 3.05) is 6.54 Å². The van der Waals surface area contributed by atoms with E-state index in [0.29, 0.717) is 13.1 Å². The number of rotatable bonds is 5. The summed E-state index contributed by atoms with van der Waals surface area (Å²) in [7, 11) is 0. The minimum Gasteiger partial charge on any atom is -0.508 e. The summed E-state index contributed by atoms with van der Waals surface area (Å²) in [4.78, 5) is 13.0. The highest BCUT2D eigenvalue weighted by Gasteiger charge is 2.33. The van der Waals surface area contributed by atoms with Gasteiger partial charge >= 0.3 is 5.97 Å². The highest BCUT2D eigenvalue weighted by molar-refractivity contribution is 5.77. The number of carboxylic acid groups (broad SMARTS) is 1. The average Bonchev–Trinajstić information content (AvgIpc) is 2.25. The standard InChI is InChI=1S/C13H19NO3/c1-4-14(13(2,3)12(16)17)9-10-6-5-7-11(15)8-10/h5-8,15H,4,9H2,1-3H3,(H,16,17). The van der Waals surface area contributed by atoms with Crippen LogP contribution in [0.2, 0.25) is 0 Å². The number of likely N-dealkylation sites (N-methyl/N-ethyl adjacent to an activating group) is 1. The predicted octanol–water partition coefficient (Wildman–Crippen LogP) is 2.08. The number of benzene rings is 1. The number of phenolic OH excluding ortho intramolecular Hbond substituents is 1. The van der Waals surface area contributed by atoms with E-state index in [-0.39, 0.29) is 5.75 Å². The molecule has 1 aromatic rings. The van der Waals surface area contributed by atoms with E-state index in [0.717, 1.165) is 5.56 Å². The lowest BCUT2D eigenvalue weighted by Gasteiger charge is -2.34. The quantitative estimate of drug-likeness (QED) is 0.823. The number of hydrogen-bond donors (Lipinski definition) is 2. The molecule has 2 N–H and O–H groups in total. The first kappa shape index (κ1) is 13.5. The summed E-state index contributed by atoms with van der Waals surface area (Å²) in [5.74, 6) is -0.647. The molecule has 0 spiro atoms. The maximum absolute atomic E-state index is 11.2. The van der Waals surface area contributed by atoms with Gasteiger partial charge in [0.1, 0.15) is 11.3 Å². The molecule has 0 aliphatic heterocycles. The third kappa shape index (κ3) is 3.20. The number of phenols is 1. The van der Waals surface area contributed by atoms with E-state index in [1.54, 1.807) is 32.0 Å². The van der Waals surface area contributed by atoms with Crippen molar-refractivity contribution in [3.63, 3.8) is 0 Å². The minimum absolute atomic E-state index is 0.201. The van der Waals surface area contributed by atoms with Crippen molar-refractivity contribution in [3.05, 3.63) is 29.8 Å². The smallest absolute Gasteiger partial charge is 0.323 e. The Morgan fingerprint density at radius 1 is 1.41 bits per heavy atom. The summed E-state index contributed by atoms with van der Waals surface area (Å²) in [6.07, 6.45) is 0. The first-order chi connectivity index (χ1) is 7.87. The average molecular weight is 237 g/mol. The molecule has 4 nitrogen and oxygen atoms in total. The van der Waals surface area contributed by atoms with Gasteiger partial charge in [0.05, 0.1) is 0 Å². The Hall–Kier alpha value is -1.55. The van der Waals surface area contributed by atoms with E-state index < -0.39 is 11.5 Å². The fourth-order valence-corrected chi connectivity index (χ4v) is 1.72. The Balaban J connectivity index is 2.87. The first-order valence-electron chi connectivity index (χ1n) is 5.64. The molecule has 0 aromatic heterocycles. The molecule has 0 heterocycles. The van der Waals surface area contributed by atoms with Crippen LogP contribution in [0.1, 0.15) is 26.3 Å². The summed E-state index contributed by atoms with van der Waals surface area (Å²) < 4.78 is 0. The molecule has 0 aliphatic rings. The molecule has 0 saturated carbocycles. The number of nitrogens with zero attached hydrogens (tertiary/aromatic N) is 1. The molecular formula is C13H19NO3. The SMILES string of the molecule is CCN(Cc1cccc(O)c1)C(C)(C)C(=O)O. The van der Waals surface area contributed by atoms with E-state index in [9.17, 15) is 15.0 Å². The van der Waals surface area contributed by atoms with E-state index in [4.69, 9.17) is 0 Å². The first-order valence-corrected chi connectivity index (χ1v) is 5.64. The molecule has 0 aliphatic carbocycles. The van der Waals surface area contributed by atoms with Crippen molar-refractivity contribution >= 4 is 5.97 Å². The van der Waals surface area contributed by atoms with Crippen LogP contribution in [0.15, 0.2) is 24.3 Å². The van der Waals surface area contributed by atoms with Gasteiger partial charge in [0.2, 0.25) is 0 Å². The Morgan fingerprint density at radius 2 is 2.06 bits per heavy atom. The minimum atomic E-state index is -0.916. The lowest BCUT2D eigenvalue weighted by Crippen LogP contribution is -2.49. The summed E-state index contributed by atoms with van der Waals surface area (Å²) in [5, 5.41) is 18.6. The van der Waals surface area contributed by atoms with Gasteiger partial charge in [-0.15, -0.1) is 0 Å². The van der Waals surface area contributed by atoms with E-state index in [2.05, 4.69) is 0 Å². The fraction of sp³-hybridized carbons (Fsp3) is 0.462. The van der Waals surface area contributed by atoms with Gasteiger partial charge in [0.25, 0.3) is 0 Å². The molecular weight excluding hydrogens is 218 g/mol. The van der Waals surface area contributed by atoms with Gasteiger partial charge in [0.15, 0.2) is 0 Å². The van der Waals surface area contributed by atoms with Gasteiger partial charge in [0, 0.05) is 6.54 Å². The van der Waals surface area contributed by atoms with E-state index in [1.807, 2.05) is 17.9 Å². The molecule has 1 rings (SSSR count). The van der Waals surface area contributed by atoms with Crippen LogP contribution >= 0.6 is 0 Å². The molecule has 0 unspecified atom stereocenters. The number of aliphatic carboxylic acids is 1. The Morgan fingerprint density at radius 3 is 2.53 bits per heavy atom. The maximum Gasteiger partial charge on any atom is 0.323 e. The third-order valence-corrected chi connectivity index (χ3v) is 2.98. The molecule has 1 aromatic carbocycles. The van der Waals surface area contributed by atoms with Crippen molar-refractivity contribution < 1.29 is 15.0 Å². The van der Waals surface area contributed by atoms with Gasteiger partial charge in [-0.25, -0.2) is 0 Å². The van der Waals surface area contributed by atoms with Crippen LogP contribution in [0.4, 0.5) is 0 Å².